The highest BCUT2D eigenvalue weighted by molar-refractivity contribution is 6.06. The summed E-state index contributed by atoms with van der Waals surface area (Å²) < 4.78 is 0. The number of benzene rings is 2. The van der Waals surface area contributed by atoms with Gasteiger partial charge in [0, 0.05) is 13.0 Å². The summed E-state index contributed by atoms with van der Waals surface area (Å²) in [7, 11) is 1.44. The van der Waals surface area contributed by atoms with Crippen molar-refractivity contribution in [3.8, 4) is 6.07 Å². The standard InChI is InChI=1S/C18H16N2O2/c1-20-18(22)16(10-19)17(21)15-9-14(15)13-8-4-6-11-5-2-3-7-12(11)13/h2-8,14-16H,9H2,1H3,(H,20,22)/t14-,15-,16+/m0/s1. The van der Waals surface area contributed by atoms with Gasteiger partial charge in [-0.25, -0.2) is 0 Å². The Morgan fingerprint density at radius 3 is 2.68 bits per heavy atom. The third kappa shape index (κ3) is 2.35. The van der Waals surface area contributed by atoms with Crippen LogP contribution in [0.25, 0.3) is 10.8 Å². The van der Waals surface area contributed by atoms with Crippen LogP contribution in [-0.4, -0.2) is 18.7 Å². The number of rotatable bonds is 4. The zero-order chi connectivity index (χ0) is 15.7. The second-order valence-corrected chi connectivity index (χ2v) is 5.60. The molecule has 22 heavy (non-hydrogen) atoms. The average molecular weight is 292 g/mol. The molecule has 0 radical (unpaired) electrons. The number of nitriles is 1. The smallest absolute Gasteiger partial charge is 0.244 e. The number of hydrogen-bond donors (Lipinski definition) is 1. The van der Waals surface area contributed by atoms with E-state index in [1.807, 2.05) is 48.5 Å². The molecule has 0 unspecified atom stereocenters. The molecule has 0 aromatic heterocycles. The summed E-state index contributed by atoms with van der Waals surface area (Å²) in [6.45, 7) is 0. The number of fused-ring (bicyclic) bond motifs is 1. The fourth-order valence-corrected chi connectivity index (χ4v) is 3.04. The Bertz CT molecular complexity index is 786. The van der Waals surface area contributed by atoms with E-state index in [1.54, 1.807) is 0 Å². The SMILES string of the molecule is CNC(=O)[C@H](C#N)C(=O)[C@H]1C[C@H]1c1cccc2ccccc12. The zero-order valence-corrected chi connectivity index (χ0v) is 12.2. The maximum absolute atomic E-state index is 12.4. The largest absolute Gasteiger partial charge is 0.358 e. The average Bonchev–Trinajstić information content (AvgIpc) is 3.35. The van der Waals surface area contributed by atoms with Crippen LogP contribution in [0.4, 0.5) is 0 Å². The van der Waals surface area contributed by atoms with Crippen molar-refractivity contribution >= 4 is 22.5 Å². The minimum Gasteiger partial charge on any atom is -0.358 e. The van der Waals surface area contributed by atoms with Crippen LogP contribution in [0, 0.1) is 23.2 Å². The summed E-state index contributed by atoms with van der Waals surface area (Å²) in [5.74, 6) is -2.10. The number of ketones is 1. The van der Waals surface area contributed by atoms with Crippen molar-refractivity contribution in [2.45, 2.75) is 12.3 Å². The third-order valence-electron chi connectivity index (χ3n) is 4.30. The van der Waals surface area contributed by atoms with E-state index in [0.717, 1.165) is 16.3 Å². The van der Waals surface area contributed by atoms with Crippen LogP contribution in [0.15, 0.2) is 42.5 Å². The first-order valence-corrected chi connectivity index (χ1v) is 7.30. The van der Waals surface area contributed by atoms with E-state index in [9.17, 15) is 9.59 Å². The monoisotopic (exact) mass is 292 g/mol. The fraction of sp³-hybridized carbons (Fsp3) is 0.278. The Morgan fingerprint density at radius 2 is 1.95 bits per heavy atom. The van der Waals surface area contributed by atoms with Crippen LogP contribution in [0.5, 0.6) is 0 Å². The lowest BCUT2D eigenvalue weighted by Gasteiger charge is -2.08. The minimum absolute atomic E-state index is 0.110. The van der Waals surface area contributed by atoms with Crippen LogP contribution in [-0.2, 0) is 9.59 Å². The maximum Gasteiger partial charge on any atom is 0.244 e. The van der Waals surface area contributed by atoms with E-state index >= 15 is 0 Å². The van der Waals surface area contributed by atoms with Gasteiger partial charge in [0.1, 0.15) is 0 Å². The molecular formula is C18H16N2O2. The fourth-order valence-electron chi connectivity index (χ4n) is 3.04. The van der Waals surface area contributed by atoms with Crippen LogP contribution in [0.1, 0.15) is 17.9 Å². The predicted octanol–water partition coefficient (Wildman–Crippen LogP) is 2.40. The van der Waals surface area contributed by atoms with E-state index in [2.05, 4.69) is 5.32 Å². The van der Waals surface area contributed by atoms with Crippen molar-refractivity contribution in [1.82, 2.24) is 5.32 Å². The number of hydrogen-bond acceptors (Lipinski definition) is 3. The van der Waals surface area contributed by atoms with E-state index in [4.69, 9.17) is 5.26 Å². The molecule has 1 N–H and O–H groups in total. The molecule has 110 valence electrons. The van der Waals surface area contributed by atoms with Crippen LogP contribution >= 0.6 is 0 Å². The second-order valence-electron chi connectivity index (χ2n) is 5.60. The number of carbonyl (C=O) groups is 2. The van der Waals surface area contributed by atoms with Gasteiger partial charge in [-0.3, -0.25) is 9.59 Å². The summed E-state index contributed by atoms with van der Waals surface area (Å²) in [4.78, 5) is 24.0. The Labute approximate surface area is 128 Å². The molecule has 1 amide bonds. The lowest BCUT2D eigenvalue weighted by molar-refractivity contribution is -0.132. The molecule has 0 saturated heterocycles. The third-order valence-corrected chi connectivity index (χ3v) is 4.30. The molecule has 1 saturated carbocycles. The molecule has 0 aliphatic heterocycles. The van der Waals surface area contributed by atoms with E-state index in [1.165, 1.54) is 7.05 Å². The summed E-state index contributed by atoms with van der Waals surface area (Å²) in [5.41, 5.74) is 1.13. The van der Waals surface area contributed by atoms with Crippen LogP contribution in [0.2, 0.25) is 0 Å². The number of Topliss-reactive ketones (excluding diaryl/α,β-unsaturated/α-hetero) is 1. The highest BCUT2D eigenvalue weighted by Crippen LogP contribution is 2.50. The van der Waals surface area contributed by atoms with Gasteiger partial charge in [-0.05, 0) is 28.7 Å². The van der Waals surface area contributed by atoms with Crippen LogP contribution < -0.4 is 5.32 Å². The van der Waals surface area contributed by atoms with Gasteiger partial charge in [-0.15, -0.1) is 0 Å². The molecule has 0 heterocycles. The molecule has 0 spiro atoms. The Kier molecular flexibility index (Phi) is 3.64. The predicted molar refractivity (Wildman–Crippen MR) is 83.0 cm³/mol. The van der Waals surface area contributed by atoms with Crippen molar-refractivity contribution in [3.63, 3.8) is 0 Å². The van der Waals surface area contributed by atoms with E-state index in [0.29, 0.717) is 6.42 Å². The van der Waals surface area contributed by atoms with Crippen molar-refractivity contribution < 1.29 is 9.59 Å². The highest BCUT2D eigenvalue weighted by atomic mass is 16.2. The van der Waals surface area contributed by atoms with Gasteiger partial charge >= 0.3 is 0 Å². The van der Waals surface area contributed by atoms with Crippen molar-refractivity contribution in [3.05, 3.63) is 48.0 Å². The van der Waals surface area contributed by atoms with Crippen molar-refractivity contribution in [2.24, 2.45) is 11.8 Å². The van der Waals surface area contributed by atoms with E-state index < -0.39 is 11.8 Å². The molecule has 4 nitrogen and oxygen atoms in total. The highest BCUT2D eigenvalue weighted by Gasteiger charge is 2.48. The number of nitrogens with one attached hydrogen (secondary N) is 1. The lowest BCUT2D eigenvalue weighted by Crippen LogP contribution is -2.33. The normalized spacial score (nSPS) is 20.9. The topological polar surface area (TPSA) is 70.0 Å². The molecule has 4 heteroatoms. The summed E-state index contributed by atoms with van der Waals surface area (Å²) in [6.07, 6.45) is 0.710. The number of carbonyl (C=O) groups excluding carboxylic acids is 2. The van der Waals surface area contributed by atoms with E-state index in [-0.39, 0.29) is 17.6 Å². The molecule has 2 aromatic carbocycles. The van der Waals surface area contributed by atoms with Gasteiger partial charge in [0.05, 0.1) is 6.07 Å². The maximum atomic E-state index is 12.4. The molecule has 2 aromatic rings. The summed E-state index contributed by atoms with van der Waals surface area (Å²) in [5, 5.41) is 13.7. The molecule has 1 aliphatic rings. The van der Waals surface area contributed by atoms with Gasteiger partial charge in [0.2, 0.25) is 5.91 Å². The molecular weight excluding hydrogens is 276 g/mol. The second kappa shape index (κ2) is 5.61. The Morgan fingerprint density at radius 1 is 1.23 bits per heavy atom. The number of nitrogens with zero attached hydrogens (tertiary/aromatic N) is 1. The molecule has 1 fully saturated rings. The van der Waals surface area contributed by atoms with Gasteiger partial charge < -0.3 is 5.32 Å². The van der Waals surface area contributed by atoms with Crippen molar-refractivity contribution in [2.75, 3.05) is 7.05 Å². The van der Waals surface area contributed by atoms with Gasteiger partial charge in [0.15, 0.2) is 11.7 Å². The Hall–Kier alpha value is -2.67. The molecule has 3 atom stereocenters. The van der Waals surface area contributed by atoms with Crippen molar-refractivity contribution in [1.29, 1.82) is 5.26 Å². The Balaban J connectivity index is 1.86. The first-order valence-electron chi connectivity index (χ1n) is 7.30. The molecule has 1 aliphatic carbocycles. The minimum atomic E-state index is -1.20. The first-order chi connectivity index (χ1) is 10.7. The summed E-state index contributed by atoms with van der Waals surface area (Å²) >= 11 is 0. The van der Waals surface area contributed by atoms with Gasteiger partial charge in [-0.1, -0.05) is 42.5 Å². The lowest BCUT2D eigenvalue weighted by atomic mass is 9.95. The van der Waals surface area contributed by atoms with Gasteiger partial charge in [0.25, 0.3) is 0 Å². The molecule has 3 rings (SSSR count). The first kappa shape index (κ1) is 14.3. The number of amides is 1. The molecule has 0 bridgehead atoms. The quantitative estimate of drug-likeness (QED) is 0.880. The summed E-state index contributed by atoms with van der Waals surface area (Å²) in [6, 6.07) is 15.9. The van der Waals surface area contributed by atoms with Gasteiger partial charge in [-0.2, -0.15) is 5.26 Å². The zero-order valence-electron chi connectivity index (χ0n) is 12.2. The van der Waals surface area contributed by atoms with Crippen LogP contribution in [0.3, 0.4) is 0 Å².